The van der Waals surface area contributed by atoms with Crippen LogP contribution in [0.5, 0.6) is 0 Å². The molecule has 2 radical (unpaired) electrons. The molecule has 0 spiro atoms. The van der Waals surface area contributed by atoms with Crippen molar-refractivity contribution >= 4 is 23.9 Å². The van der Waals surface area contributed by atoms with Gasteiger partial charge in [0.2, 0.25) is 0 Å². The van der Waals surface area contributed by atoms with E-state index >= 15 is 0 Å². The molecule has 0 amide bonds. The van der Waals surface area contributed by atoms with Crippen molar-refractivity contribution in [2.24, 2.45) is 0 Å². The third-order valence-electron chi connectivity index (χ3n) is 0. The van der Waals surface area contributed by atoms with Crippen LogP contribution in [0.15, 0.2) is 0 Å². The van der Waals surface area contributed by atoms with Gasteiger partial charge in [-0.15, -0.1) is 0 Å². The molecule has 0 rings (SSSR count). The fraction of sp³-hybridized carbons (Fsp3) is 0. The molecule has 0 aromatic carbocycles. The van der Waals surface area contributed by atoms with Crippen molar-refractivity contribution in [1.82, 2.24) is 0 Å². The predicted molar refractivity (Wildman–Crippen MR) is 14.1 cm³/mol. The van der Waals surface area contributed by atoms with Gasteiger partial charge < -0.3 is 1.43 Å². The Morgan fingerprint density at radius 2 is 1.00 bits per heavy atom. The van der Waals surface area contributed by atoms with Gasteiger partial charge in [-0.3, -0.25) is 0 Å². The van der Waals surface area contributed by atoms with Crippen molar-refractivity contribution in [1.29, 1.82) is 0 Å². The van der Waals surface area contributed by atoms with Crippen molar-refractivity contribution in [3.8, 4) is 0 Å². The van der Waals surface area contributed by atoms with E-state index in [4.69, 9.17) is 0 Å². The predicted octanol–water partition coefficient (Wildman–Crippen LogP) is -2.12. The summed E-state index contributed by atoms with van der Waals surface area (Å²) in [7, 11) is 0. The fourth-order valence-electron chi connectivity index (χ4n) is 0. The van der Waals surface area contributed by atoms with Gasteiger partial charge in [0.15, 0.2) is 0 Å². The zero-order chi connectivity index (χ0) is 4.50. The normalized spacial score (nSPS) is 8.57. The molecule has 0 atom stereocenters. The van der Waals surface area contributed by atoms with Gasteiger partial charge in [-0.05, 0) is 0 Å². The zero-order valence-electron chi connectivity index (χ0n) is 4.72. The summed E-state index contributed by atoms with van der Waals surface area (Å²) in [6.45, 7) is 0. The molecule has 0 aliphatic rings. The van der Waals surface area contributed by atoms with Crippen LogP contribution in [0.3, 0.4) is 0 Å². The van der Waals surface area contributed by atoms with E-state index in [2.05, 4.69) is 0 Å². The number of hydrogen-bond acceptors (Lipinski definition) is 0. The van der Waals surface area contributed by atoms with Crippen LogP contribution in [0.1, 0.15) is 1.43 Å². The second kappa shape index (κ2) is 7.15. The van der Waals surface area contributed by atoms with Crippen LogP contribution >= 0.6 is 0 Å². The van der Waals surface area contributed by atoms with Crippen molar-refractivity contribution in [2.45, 2.75) is 0 Å². The maximum absolute atomic E-state index is 9.90. The van der Waals surface area contributed by atoms with Crippen LogP contribution in [-0.4, -0.2) is 23.9 Å². The monoisotopic (exact) mass is 328 g/mol. The second-order valence-electron chi connectivity index (χ2n) is 0.429. The van der Waals surface area contributed by atoms with Crippen molar-refractivity contribution in [3.63, 3.8) is 0 Å². The first-order valence-electron chi connectivity index (χ1n) is 0.756. The molecular formula is H3F4KSnZr. The molecule has 7 heavy (non-hydrogen) atoms. The summed E-state index contributed by atoms with van der Waals surface area (Å²) in [5.74, 6) is 0. The van der Waals surface area contributed by atoms with E-state index in [1.165, 1.54) is 0 Å². The van der Waals surface area contributed by atoms with E-state index in [-0.39, 0.29) is 76.7 Å². The summed E-state index contributed by atoms with van der Waals surface area (Å²) in [4.78, 5) is 0. The van der Waals surface area contributed by atoms with Crippen LogP contribution in [-0.2, 0) is 22.7 Å². The van der Waals surface area contributed by atoms with Gasteiger partial charge in [-0.2, -0.15) is 0 Å². The first-order valence-corrected chi connectivity index (χ1v) is 4.47. The zero-order valence-corrected chi connectivity index (χ0v) is 13.3. The van der Waals surface area contributed by atoms with Crippen LogP contribution in [0.25, 0.3) is 0 Å². The molecule has 0 aliphatic carbocycles. The molecule has 0 nitrogen and oxygen atoms in total. The van der Waals surface area contributed by atoms with Crippen LogP contribution in [0, 0.1) is 0 Å². The molecule has 0 saturated carbocycles. The van der Waals surface area contributed by atoms with Crippen LogP contribution in [0.2, 0.25) is 0 Å². The number of rotatable bonds is 0. The molecule has 0 unspecified atom stereocenters. The van der Waals surface area contributed by atoms with Gasteiger partial charge in [0.05, 0.1) is 0 Å². The summed E-state index contributed by atoms with van der Waals surface area (Å²) in [6.07, 6.45) is 0. The molecule has 40 valence electrons. The van der Waals surface area contributed by atoms with Gasteiger partial charge in [0.25, 0.3) is 0 Å². The average Bonchev–Trinajstić information content (AvgIpc) is 0.722. The van der Waals surface area contributed by atoms with E-state index in [0.29, 0.717) is 0 Å². The Balaban J connectivity index is -0.0000000267. The molecule has 0 fully saturated rings. The topological polar surface area (TPSA) is 0 Å². The van der Waals surface area contributed by atoms with Crippen molar-refractivity contribution < 1.29 is 86.0 Å². The van der Waals surface area contributed by atoms with E-state index in [1.807, 2.05) is 0 Å². The Morgan fingerprint density at radius 3 is 1.00 bits per heavy atom. The van der Waals surface area contributed by atoms with Crippen molar-refractivity contribution in [3.05, 3.63) is 0 Å². The minimum atomic E-state index is -7.18. The summed E-state index contributed by atoms with van der Waals surface area (Å²) in [5.41, 5.74) is 0. The number of halogens is 4. The van der Waals surface area contributed by atoms with E-state index < -0.39 is 22.7 Å². The van der Waals surface area contributed by atoms with Crippen LogP contribution < -0.4 is 51.4 Å². The molecule has 0 aromatic heterocycles. The molecule has 7 heteroatoms. The van der Waals surface area contributed by atoms with Crippen LogP contribution in [0.4, 0.5) is 10.5 Å². The molecular weight excluding hydrogens is 325 g/mol. The SMILES string of the molecule is [F][Zr]([F])([F])[F].[H-].[K+].[SnH2]. The summed E-state index contributed by atoms with van der Waals surface area (Å²) in [5, 5.41) is 0. The summed E-state index contributed by atoms with van der Waals surface area (Å²) < 4.78 is 39.6. The van der Waals surface area contributed by atoms with Gasteiger partial charge >= 0.3 is 109 Å². The first kappa shape index (κ1) is 16.6. The third kappa shape index (κ3) is 48.5. The van der Waals surface area contributed by atoms with Gasteiger partial charge in [-0.1, -0.05) is 0 Å². The second-order valence-corrected chi connectivity index (χ2v) is 2.54. The quantitative estimate of drug-likeness (QED) is 0.352. The van der Waals surface area contributed by atoms with Gasteiger partial charge in [-0.25, -0.2) is 0 Å². The summed E-state index contributed by atoms with van der Waals surface area (Å²) in [6, 6.07) is 0. The Morgan fingerprint density at radius 1 is 1.00 bits per heavy atom. The fourth-order valence-corrected chi connectivity index (χ4v) is 0. The standard InChI is InChI=1S/4FH.K.Sn.Zr.3H/h4*1H;;;;;;/q;;;;+1;;+4;;;-1/p-4. The molecule has 0 N–H and O–H groups in total. The van der Waals surface area contributed by atoms with Crippen molar-refractivity contribution in [2.75, 3.05) is 0 Å². The Labute approximate surface area is 107 Å². The number of hydrogen-bond donors (Lipinski definition) is 0. The first-order chi connectivity index (χ1) is 2.00. The summed E-state index contributed by atoms with van der Waals surface area (Å²) >= 11 is -7.18. The minimum absolute atomic E-state index is 0. The Kier molecular flexibility index (Phi) is 16.9. The third-order valence-corrected chi connectivity index (χ3v) is 0. The molecule has 0 bridgehead atoms. The van der Waals surface area contributed by atoms with E-state index in [1.54, 1.807) is 0 Å². The molecule has 0 aromatic rings. The van der Waals surface area contributed by atoms with Gasteiger partial charge in [0, 0.05) is 0 Å². The molecule has 0 heterocycles. The van der Waals surface area contributed by atoms with E-state index in [0.717, 1.165) is 0 Å². The molecule has 0 saturated heterocycles. The van der Waals surface area contributed by atoms with E-state index in [9.17, 15) is 10.5 Å². The van der Waals surface area contributed by atoms with Gasteiger partial charge in [0.1, 0.15) is 0 Å². The molecule has 0 aliphatic heterocycles. The average molecular weight is 328 g/mol. The Hall–Kier alpha value is 3.04. The maximum atomic E-state index is 9.90. The Bertz CT molecular complexity index is 31.5.